The highest BCUT2D eigenvalue weighted by Crippen LogP contribution is 2.20. The van der Waals surface area contributed by atoms with Gasteiger partial charge in [-0.05, 0) is 6.07 Å². The van der Waals surface area contributed by atoms with Crippen LogP contribution in [-0.4, -0.2) is 30.6 Å². The van der Waals surface area contributed by atoms with Gasteiger partial charge in [0, 0.05) is 24.9 Å². The van der Waals surface area contributed by atoms with E-state index in [2.05, 4.69) is 10.1 Å². The summed E-state index contributed by atoms with van der Waals surface area (Å²) in [6.45, 7) is 0.0152. The summed E-state index contributed by atoms with van der Waals surface area (Å²) in [5, 5.41) is 12.7. The fourth-order valence-corrected chi connectivity index (χ4v) is 1.22. The molecule has 1 amide bonds. The quantitative estimate of drug-likeness (QED) is 0.594. The number of nitro groups is 1. The van der Waals surface area contributed by atoms with Crippen molar-refractivity contribution in [1.82, 2.24) is 0 Å². The molecule has 1 atom stereocenters. The van der Waals surface area contributed by atoms with Crippen molar-refractivity contribution in [2.24, 2.45) is 5.73 Å². The second-order valence-electron chi connectivity index (χ2n) is 3.47. The van der Waals surface area contributed by atoms with Gasteiger partial charge in [0.15, 0.2) is 0 Å². The summed E-state index contributed by atoms with van der Waals surface area (Å²) >= 11 is 0. The predicted molar refractivity (Wildman–Crippen MR) is 61.5 cm³/mol. The molecule has 0 aromatic heterocycles. The zero-order valence-corrected chi connectivity index (χ0v) is 9.55. The van der Waals surface area contributed by atoms with Crippen molar-refractivity contribution in [2.75, 3.05) is 19.0 Å². The van der Waals surface area contributed by atoms with Crippen LogP contribution in [0.3, 0.4) is 0 Å². The number of carbonyl (C=O) groups excluding carboxylic acids is 1. The molecule has 0 saturated carbocycles. The number of halogens is 1. The number of nitrogens with two attached hydrogens (primary N) is 1. The number of rotatable bonds is 5. The van der Waals surface area contributed by atoms with Crippen molar-refractivity contribution in [3.8, 4) is 0 Å². The maximum Gasteiger partial charge on any atom is 0.304 e. The number of benzene rings is 1. The van der Waals surface area contributed by atoms with E-state index in [1.165, 1.54) is 13.2 Å². The SMILES string of the molecule is COCC(N)C(=O)Nc1ccc([N+](=O)[O-])c(F)c1. The number of methoxy groups -OCH3 is 1. The number of amides is 1. The molecular weight excluding hydrogens is 245 g/mol. The van der Waals surface area contributed by atoms with E-state index >= 15 is 0 Å². The van der Waals surface area contributed by atoms with Crippen molar-refractivity contribution in [3.63, 3.8) is 0 Å². The number of nitrogens with one attached hydrogen (secondary N) is 1. The summed E-state index contributed by atoms with van der Waals surface area (Å²) in [4.78, 5) is 21.0. The van der Waals surface area contributed by atoms with Gasteiger partial charge in [-0.3, -0.25) is 14.9 Å². The monoisotopic (exact) mass is 257 g/mol. The minimum atomic E-state index is -1.03. The number of ether oxygens (including phenoxy) is 1. The van der Waals surface area contributed by atoms with E-state index in [1.807, 2.05) is 0 Å². The molecule has 3 N–H and O–H groups in total. The molecule has 1 rings (SSSR count). The van der Waals surface area contributed by atoms with Crippen molar-refractivity contribution in [1.29, 1.82) is 0 Å². The van der Waals surface area contributed by atoms with Crippen LogP contribution in [0.1, 0.15) is 0 Å². The minimum absolute atomic E-state index is 0.0152. The maximum atomic E-state index is 13.3. The van der Waals surface area contributed by atoms with Crippen LogP contribution in [0.4, 0.5) is 15.8 Å². The van der Waals surface area contributed by atoms with Gasteiger partial charge in [-0.2, -0.15) is 4.39 Å². The summed E-state index contributed by atoms with van der Waals surface area (Å²) in [7, 11) is 1.39. The average Bonchev–Trinajstić information content (AvgIpc) is 2.28. The molecule has 18 heavy (non-hydrogen) atoms. The Balaban J connectivity index is 2.77. The molecule has 1 aromatic rings. The molecule has 1 aromatic carbocycles. The zero-order chi connectivity index (χ0) is 13.7. The first kappa shape index (κ1) is 14.0. The van der Waals surface area contributed by atoms with E-state index in [4.69, 9.17) is 5.73 Å². The number of carbonyl (C=O) groups is 1. The number of nitro benzene ring substituents is 1. The zero-order valence-electron chi connectivity index (χ0n) is 9.55. The van der Waals surface area contributed by atoms with Crippen LogP contribution in [0.2, 0.25) is 0 Å². The van der Waals surface area contributed by atoms with Crippen LogP contribution in [0, 0.1) is 15.9 Å². The molecule has 0 aliphatic carbocycles. The molecule has 0 bridgehead atoms. The highest BCUT2D eigenvalue weighted by molar-refractivity contribution is 5.94. The summed E-state index contributed by atoms with van der Waals surface area (Å²) in [6, 6.07) is 2.15. The fraction of sp³-hybridized carbons (Fsp3) is 0.300. The van der Waals surface area contributed by atoms with Gasteiger partial charge < -0.3 is 15.8 Å². The lowest BCUT2D eigenvalue weighted by Crippen LogP contribution is -2.39. The summed E-state index contributed by atoms with van der Waals surface area (Å²) in [5.74, 6) is -1.59. The fourth-order valence-electron chi connectivity index (χ4n) is 1.22. The van der Waals surface area contributed by atoms with E-state index in [0.29, 0.717) is 0 Å². The Morgan fingerprint density at radius 2 is 2.33 bits per heavy atom. The number of hydrogen-bond acceptors (Lipinski definition) is 5. The standard InChI is InChI=1S/C10H12FN3O4/c1-18-5-8(12)10(15)13-6-2-3-9(14(16)17)7(11)4-6/h2-4,8H,5,12H2,1H3,(H,13,15). The molecule has 0 aliphatic heterocycles. The molecule has 0 fully saturated rings. The van der Waals surface area contributed by atoms with Crippen LogP contribution in [-0.2, 0) is 9.53 Å². The van der Waals surface area contributed by atoms with Gasteiger partial charge in [0.1, 0.15) is 6.04 Å². The lowest BCUT2D eigenvalue weighted by Gasteiger charge is -2.11. The molecule has 0 saturated heterocycles. The van der Waals surface area contributed by atoms with Gasteiger partial charge in [-0.25, -0.2) is 0 Å². The second-order valence-corrected chi connectivity index (χ2v) is 3.47. The molecule has 0 heterocycles. The van der Waals surface area contributed by atoms with Crippen LogP contribution >= 0.6 is 0 Å². The predicted octanol–water partition coefficient (Wildman–Crippen LogP) is 0.646. The van der Waals surface area contributed by atoms with Gasteiger partial charge in [0.05, 0.1) is 11.5 Å². The van der Waals surface area contributed by atoms with Crippen LogP contribution in [0.25, 0.3) is 0 Å². The Morgan fingerprint density at radius 3 is 2.83 bits per heavy atom. The molecule has 0 spiro atoms. The number of anilines is 1. The molecule has 98 valence electrons. The van der Waals surface area contributed by atoms with E-state index in [1.54, 1.807) is 0 Å². The molecule has 0 aliphatic rings. The highest BCUT2D eigenvalue weighted by Gasteiger charge is 2.17. The molecule has 0 radical (unpaired) electrons. The first-order valence-corrected chi connectivity index (χ1v) is 4.95. The van der Waals surface area contributed by atoms with E-state index < -0.39 is 28.4 Å². The highest BCUT2D eigenvalue weighted by atomic mass is 19.1. The minimum Gasteiger partial charge on any atom is -0.383 e. The summed E-state index contributed by atoms with van der Waals surface area (Å²) in [5.41, 5.74) is 4.89. The Bertz CT molecular complexity index is 466. The normalized spacial score (nSPS) is 11.9. The summed E-state index contributed by atoms with van der Waals surface area (Å²) < 4.78 is 17.9. The van der Waals surface area contributed by atoms with Crippen LogP contribution in [0.15, 0.2) is 18.2 Å². The van der Waals surface area contributed by atoms with Crippen molar-refractivity contribution in [2.45, 2.75) is 6.04 Å². The third-order valence-corrected chi connectivity index (χ3v) is 2.09. The summed E-state index contributed by atoms with van der Waals surface area (Å²) in [6.07, 6.45) is 0. The lowest BCUT2D eigenvalue weighted by molar-refractivity contribution is -0.387. The maximum absolute atomic E-state index is 13.3. The first-order valence-electron chi connectivity index (χ1n) is 4.95. The van der Waals surface area contributed by atoms with Crippen molar-refractivity contribution < 1.29 is 18.8 Å². The van der Waals surface area contributed by atoms with E-state index in [0.717, 1.165) is 12.1 Å². The van der Waals surface area contributed by atoms with Gasteiger partial charge >= 0.3 is 5.69 Å². The molecule has 8 heteroatoms. The number of hydrogen-bond donors (Lipinski definition) is 2. The Kier molecular flexibility index (Phi) is 4.69. The topological polar surface area (TPSA) is 107 Å². The van der Waals surface area contributed by atoms with E-state index in [9.17, 15) is 19.3 Å². The van der Waals surface area contributed by atoms with Crippen LogP contribution in [0.5, 0.6) is 0 Å². The van der Waals surface area contributed by atoms with Crippen molar-refractivity contribution >= 4 is 17.3 Å². The molecular formula is C10H12FN3O4. The Morgan fingerprint density at radius 1 is 1.67 bits per heavy atom. The van der Waals surface area contributed by atoms with Gasteiger partial charge in [0.25, 0.3) is 0 Å². The molecule has 1 unspecified atom stereocenters. The lowest BCUT2D eigenvalue weighted by atomic mass is 10.2. The smallest absolute Gasteiger partial charge is 0.304 e. The number of nitrogens with zero attached hydrogens (tertiary/aromatic N) is 1. The van der Waals surface area contributed by atoms with Gasteiger partial charge in [-0.1, -0.05) is 0 Å². The van der Waals surface area contributed by atoms with Gasteiger partial charge in [0.2, 0.25) is 11.7 Å². The van der Waals surface area contributed by atoms with Crippen molar-refractivity contribution in [3.05, 3.63) is 34.1 Å². The van der Waals surface area contributed by atoms with Crippen LogP contribution < -0.4 is 11.1 Å². The average molecular weight is 257 g/mol. The second kappa shape index (κ2) is 6.03. The van der Waals surface area contributed by atoms with Gasteiger partial charge in [-0.15, -0.1) is 0 Å². The first-order chi connectivity index (χ1) is 8.45. The Hall–Kier alpha value is -2.06. The third kappa shape index (κ3) is 3.47. The molecule has 7 nitrogen and oxygen atoms in total. The largest absolute Gasteiger partial charge is 0.383 e. The van der Waals surface area contributed by atoms with E-state index in [-0.39, 0.29) is 12.3 Å². The third-order valence-electron chi connectivity index (χ3n) is 2.09. The Labute approximate surface area is 102 Å².